The molecule has 4 rings (SSSR count). The number of nitro groups is 1. The number of ether oxygens (including phenoxy) is 2. The van der Waals surface area contributed by atoms with Crippen LogP contribution < -0.4 is 14.4 Å². The Bertz CT molecular complexity index is 1190. The number of pyridine rings is 1. The van der Waals surface area contributed by atoms with E-state index in [1.54, 1.807) is 4.90 Å². The van der Waals surface area contributed by atoms with Gasteiger partial charge in [-0.25, -0.2) is 4.98 Å². The molecule has 2 aromatic carbocycles. The number of nitro benzene ring substituents is 1. The van der Waals surface area contributed by atoms with E-state index in [4.69, 9.17) is 14.5 Å². The average molecular weight is 436 g/mol. The van der Waals surface area contributed by atoms with Gasteiger partial charge in [0, 0.05) is 37.6 Å². The van der Waals surface area contributed by atoms with Crippen LogP contribution in [0.25, 0.3) is 10.9 Å². The first-order chi connectivity index (χ1) is 15.4. The van der Waals surface area contributed by atoms with E-state index in [2.05, 4.69) is 17.9 Å². The molecule has 0 unspecified atom stereocenters. The zero-order valence-corrected chi connectivity index (χ0v) is 18.2. The van der Waals surface area contributed by atoms with Crippen LogP contribution in [-0.4, -0.2) is 61.1 Å². The zero-order chi connectivity index (χ0) is 22.8. The van der Waals surface area contributed by atoms with Crippen LogP contribution in [0, 0.1) is 17.0 Å². The Balaban J connectivity index is 1.55. The second kappa shape index (κ2) is 8.70. The maximum Gasteiger partial charge on any atom is 0.286 e. The summed E-state index contributed by atoms with van der Waals surface area (Å²) >= 11 is 0. The fourth-order valence-electron chi connectivity index (χ4n) is 3.99. The summed E-state index contributed by atoms with van der Waals surface area (Å²) in [6.45, 7) is 4.08. The number of nitrogens with zero attached hydrogens (tertiary/aromatic N) is 4. The summed E-state index contributed by atoms with van der Waals surface area (Å²) < 4.78 is 10.4. The smallest absolute Gasteiger partial charge is 0.286 e. The molecular formula is C23H24N4O5. The number of piperazine rings is 1. The summed E-state index contributed by atoms with van der Waals surface area (Å²) in [7, 11) is 2.82. The fourth-order valence-corrected chi connectivity index (χ4v) is 3.99. The van der Waals surface area contributed by atoms with Gasteiger partial charge in [-0.15, -0.1) is 0 Å². The molecule has 9 heteroatoms. The summed E-state index contributed by atoms with van der Waals surface area (Å²) in [5.41, 5.74) is 1.76. The topological polar surface area (TPSA) is 98.0 Å². The summed E-state index contributed by atoms with van der Waals surface area (Å²) in [5, 5.41) is 12.7. The molecule has 1 saturated heterocycles. The van der Waals surface area contributed by atoms with Crippen LogP contribution in [0.3, 0.4) is 0 Å². The molecule has 1 fully saturated rings. The van der Waals surface area contributed by atoms with Crippen molar-refractivity contribution in [2.45, 2.75) is 6.92 Å². The lowest BCUT2D eigenvalue weighted by Crippen LogP contribution is -2.49. The Morgan fingerprint density at radius 2 is 1.69 bits per heavy atom. The number of methoxy groups -OCH3 is 2. The van der Waals surface area contributed by atoms with Crippen LogP contribution in [-0.2, 0) is 0 Å². The molecule has 0 spiro atoms. The van der Waals surface area contributed by atoms with Gasteiger partial charge in [-0.05, 0) is 24.6 Å². The van der Waals surface area contributed by atoms with Crippen molar-refractivity contribution >= 4 is 28.3 Å². The lowest BCUT2D eigenvalue weighted by Gasteiger charge is -2.35. The van der Waals surface area contributed by atoms with Gasteiger partial charge in [0.1, 0.15) is 11.4 Å². The van der Waals surface area contributed by atoms with E-state index in [1.165, 1.54) is 26.4 Å². The van der Waals surface area contributed by atoms with E-state index < -0.39 is 10.8 Å². The van der Waals surface area contributed by atoms with Crippen LogP contribution in [0.4, 0.5) is 11.5 Å². The summed E-state index contributed by atoms with van der Waals surface area (Å²) in [6.07, 6.45) is 0. The number of anilines is 1. The van der Waals surface area contributed by atoms with Crippen molar-refractivity contribution in [3.8, 4) is 11.5 Å². The second-order valence-corrected chi connectivity index (χ2v) is 7.58. The first-order valence-corrected chi connectivity index (χ1v) is 10.2. The Labute approximate surface area is 185 Å². The molecule has 9 nitrogen and oxygen atoms in total. The molecule has 32 heavy (non-hydrogen) atoms. The third kappa shape index (κ3) is 3.89. The number of benzene rings is 2. The molecule has 0 atom stereocenters. The first-order valence-electron chi connectivity index (χ1n) is 10.2. The highest BCUT2D eigenvalue weighted by Gasteiger charge is 2.30. The number of hydrogen-bond donors (Lipinski definition) is 0. The summed E-state index contributed by atoms with van der Waals surface area (Å²) in [5.74, 6) is 0.944. The number of para-hydroxylation sites is 1. The quantitative estimate of drug-likeness (QED) is 0.446. The van der Waals surface area contributed by atoms with Crippen LogP contribution in [0.1, 0.15) is 15.9 Å². The SMILES string of the molecule is COc1cc(C(=O)N2CCN(c3cc(C)c4ccccc4n3)CC2)c([N+](=O)[O-])cc1OC. The van der Waals surface area contributed by atoms with Crippen molar-refractivity contribution in [3.63, 3.8) is 0 Å². The predicted molar refractivity (Wildman–Crippen MR) is 121 cm³/mol. The minimum absolute atomic E-state index is 0.0132. The average Bonchev–Trinajstić information content (AvgIpc) is 2.82. The Morgan fingerprint density at radius 1 is 1.03 bits per heavy atom. The molecule has 1 aromatic heterocycles. The van der Waals surface area contributed by atoms with E-state index in [-0.39, 0.29) is 22.7 Å². The van der Waals surface area contributed by atoms with Crippen molar-refractivity contribution in [1.29, 1.82) is 0 Å². The molecular weight excluding hydrogens is 412 g/mol. The molecule has 0 radical (unpaired) electrons. The zero-order valence-electron chi connectivity index (χ0n) is 18.2. The van der Waals surface area contributed by atoms with Gasteiger partial charge >= 0.3 is 0 Å². The minimum atomic E-state index is -0.576. The number of rotatable bonds is 5. The molecule has 1 aliphatic heterocycles. The second-order valence-electron chi connectivity index (χ2n) is 7.58. The number of amides is 1. The van der Waals surface area contributed by atoms with Crippen molar-refractivity contribution < 1.29 is 19.2 Å². The van der Waals surface area contributed by atoms with Gasteiger partial charge in [0.15, 0.2) is 11.5 Å². The van der Waals surface area contributed by atoms with Gasteiger partial charge in [0.25, 0.3) is 11.6 Å². The maximum absolute atomic E-state index is 13.2. The van der Waals surface area contributed by atoms with Crippen molar-refractivity contribution in [2.75, 3.05) is 45.3 Å². The Hall–Kier alpha value is -3.88. The van der Waals surface area contributed by atoms with E-state index in [0.29, 0.717) is 26.2 Å². The van der Waals surface area contributed by atoms with Crippen LogP contribution >= 0.6 is 0 Å². The van der Waals surface area contributed by atoms with Gasteiger partial charge in [-0.1, -0.05) is 18.2 Å². The minimum Gasteiger partial charge on any atom is -0.493 e. The van der Waals surface area contributed by atoms with Gasteiger partial charge in [0.2, 0.25) is 0 Å². The standard InChI is InChI=1S/C23H24N4O5/c1-15-12-22(24-18-7-5-4-6-16(15)18)25-8-10-26(11-9-25)23(28)17-13-20(31-2)21(32-3)14-19(17)27(29)30/h4-7,12-14H,8-11H2,1-3H3. The maximum atomic E-state index is 13.2. The Kier molecular flexibility index (Phi) is 5.81. The number of carbonyl (C=O) groups excluding carboxylic acids is 1. The predicted octanol–water partition coefficient (Wildman–Crippen LogP) is 3.43. The normalized spacial score (nSPS) is 13.8. The van der Waals surface area contributed by atoms with Crippen LogP contribution in [0.2, 0.25) is 0 Å². The van der Waals surface area contributed by atoms with Gasteiger partial charge < -0.3 is 19.3 Å². The molecule has 0 N–H and O–H groups in total. The molecule has 3 aromatic rings. The highest BCUT2D eigenvalue weighted by molar-refractivity contribution is 5.99. The summed E-state index contributed by atoms with van der Waals surface area (Å²) in [6, 6.07) is 12.7. The molecule has 0 aliphatic carbocycles. The molecule has 2 heterocycles. The van der Waals surface area contributed by atoms with Crippen molar-refractivity contribution in [1.82, 2.24) is 9.88 Å². The van der Waals surface area contributed by atoms with E-state index in [0.717, 1.165) is 22.3 Å². The van der Waals surface area contributed by atoms with Gasteiger partial charge in [0.05, 0.1) is 30.7 Å². The summed E-state index contributed by atoms with van der Waals surface area (Å²) in [4.78, 5) is 32.7. The number of aryl methyl sites for hydroxylation is 1. The van der Waals surface area contributed by atoms with Crippen LogP contribution in [0.15, 0.2) is 42.5 Å². The monoisotopic (exact) mass is 436 g/mol. The molecule has 0 bridgehead atoms. The van der Waals surface area contributed by atoms with Gasteiger partial charge in [-0.3, -0.25) is 14.9 Å². The molecule has 1 aliphatic rings. The number of hydrogen-bond acceptors (Lipinski definition) is 7. The number of fused-ring (bicyclic) bond motifs is 1. The van der Waals surface area contributed by atoms with Gasteiger partial charge in [-0.2, -0.15) is 0 Å². The lowest BCUT2D eigenvalue weighted by molar-refractivity contribution is -0.385. The lowest BCUT2D eigenvalue weighted by atomic mass is 10.1. The molecule has 0 saturated carbocycles. The third-order valence-corrected chi connectivity index (χ3v) is 5.73. The third-order valence-electron chi connectivity index (χ3n) is 5.73. The van der Waals surface area contributed by atoms with Crippen molar-refractivity contribution in [3.05, 3.63) is 63.7 Å². The highest BCUT2D eigenvalue weighted by atomic mass is 16.6. The van der Waals surface area contributed by atoms with Crippen molar-refractivity contribution in [2.24, 2.45) is 0 Å². The fraction of sp³-hybridized carbons (Fsp3) is 0.304. The van der Waals surface area contributed by atoms with Crippen LogP contribution in [0.5, 0.6) is 11.5 Å². The Morgan fingerprint density at radius 3 is 2.34 bits per heavy atom. The van der Waals surface area contributed by atoms with E-state index >= 15 is 0 Å². The van der Waals surface area contributed by atoms with E-state index in [9.17, 15) is 14.9 Å². The number of aromatic nitrogens is 1. The number of carbonyl (C=O) groups is 1. The highest BCUT2D eigenvalue weighted by Crippen LogP contribution is 2.35. The van der Waals surface area contributed by atoms with E-state index in [1.807, 2.05) is 24.3 Å². The molecule has 166 valence electrons. The first kappa shape index (κ1) is 21.4. The largest absolute Gasteiger partial charge is 0.493 e. The molecule has 1 amide bonds.